The number of carboxylic acid groups (broad SMARTS) is 1. The van der Waals surface area contributed by atoms with Crippen LogP contribution in [0, 0.1) is 0 Å². The summed E-state index contributed by atoms with van der Waals surface area (Å²) in [6.07, 6.45) is 0. The van der Waals surface area contributed by atoms with Gasteiger partial charge in [-0.15, -0.1) is 0 Å². The van der Waals surface area contributed by atoms with Gasteiger partial charge >= 0.3 is 21.6 Å². The van der Waals surface area contributed by atoms with Gasteiger partial charge in [-0.05, 0) is 17.7 Å². The fourth-order valence-electron chi connectivity index (χ4n) is 1.74. The monoisotopic (exact) mass is 376 g/mol. The van der Waals surface area contributed by atoms with E-state index >= 15 is 0 Å². The second-order valence-corrected chi connectivity index (χ2v) is 6.29. The smallest absolute Gasteiger partial charge is 0.489 e. The number of hydrogen-bond acceptors (Lipinski definition) is 5. The lowest BCUT2D eigenvalue weighted by molar-refractivity contribution is -0.0500. The molecule has 0 amide bonds. The van der Waals surface area contributed by atoms with Crippen molar-refractivity contribution in [1.82, 2.24) is 0 Å². The Labute approximate surface area is 140 Å². The van der Waals surface area contributed by atoms with E-state index in [2.05, 4.69) is 4.18 Å². The zero-order chi connectivity index (χ0) is 18.7. The molecule has 0 aliphatic heterocycles. The number of carbonyl (C=O) groups is 1. The molecule has 0 fully saturated rings. The summed E-state index contributed by atoms with van der Waals surface area (Å²) in [4.78, 5) is 11.1. The molecule has 10 heteroatoms. The maximum Gasteiger partial charge on any atom is 0.534 e. The highest BCUT2D eigenvalue weighted by Crippen LogP contribution is 2.30. The molecule has 0 atom stereocenters. The van der Waals surface area contributed by atoms with Gasteiger partial charge in [-0.3, -0.25) is 0 Å². The van der Waals surface area contributed by atoms with E-state index < -0.39 is 32.9 Å². The van der Waals surface area contributed by atoms with Crippen molar-refractivity contribution in [2.24, 2.45) is 0 Å². The van der Waals surface area contributed by atoms with Crippen molar-refractivity contribution in [3.8, 4) is 11.5 Å². The quantitative estimate of drug-likeness (QED) is 0.615. The number of halogens is 3. The van der Waals surface area contributed by atoms with Gasteiger partial charge in [0.1, 0.15) is 18.1 Å². The maximum atomic E-state index is 12.4. The summed E-state index contributed by atoms with van der Waals surface area (Å²) < 4.78 is 68.5. The highest BCUT2D eigenvalue weighted by molar-refractivity contribution is 7.88. The van der Waals surface area contributed by atoms with Gasteiger partial charge in [-0.2, -0.15) is 21.6 Å². The molecule has 25 heavy (non-hydrogen) atoms. The second-order valence-electron chi connectivity index (χ2n) is 4.76. The lowest BCUT2D eigenvalue weighted by Crippen LogP contribution is -2.28. The number of carboxylic acids is 1. The molecule has 0 aromatic heterocycles. The predicted molar refractivity (Wildman–Crippen MR) is 79.8 cm³/mol. The molecule has 1 N–H and O–H groups in total. The van der Waals surface area contributed by atoms with E-state index in [-0.39, 0.29) is 12.4 Å². The summed E-state index contributed by atoms with van der Waals surface area (Å²) >= 11 is 0. The van der Waals surface area contributed by atoms with Crippen molar-refractivity contribution in [2.75, 3.05) is 0 Å². The Hall–Kier alpha value is -2.75. The number of ether oxygens (including phenoxy) is 1. The first kappa shape index (κ1) is 18.6. The summed E-state index contributed by atoms with van der Waals surface area (Å²) in [6.45, 7) is -0.00459. The van der Waals surface area contributed by atoms with Gasteiger partial charge < -0.3 is 14.0 Å². The Morgan fingerprint density at radius 3 is 2.20 bits per heavy atom. The first-order valence-corrected chi connectivity index (χ1v) is 8.05. The van der Waals surface area contributed by atoms with Gasteiger partial charge in [0, 0.05) is 6.07 Å². The van der Waals surface area contributed by atoms with Crippen molar-refractivity contribution in [3.63, 3.8) is 0 Å². The molecule has 2 aromatic carbocycles. The zero-order valence-electron chi connectivity index (χ0n) is 12.4. The van der Waals surface area contributed by atoms with Crippen molar-refractivity contribution < 1.29 is 40.4 Å². The van der Waals surface area contributed by atoms with E-state index in [1.807, 2.05) is 0 Å². The fraction of sp³-hybridized carbons (Fsp3) is 0.133. The minimum Gasteiger partial charge on any atom is -0.489 e. The first-order valence-electron chi connectivity index (χ1n) is 6.64. The normalized spacial score (nSPS) is 11.8. The zero-order valence-corrected chi connectivity index (χ0v) is 13.2. The Kier molecular flexibility index (Phi) is 5.21. The molecule has 0 aliphatic rings. The SMILES string of the molecule is O=C(O)c1cc(OCc2ccccc2)cc(OS(=O)(=O)C(F)(F)F)c1. The van der Waals surface area contributed by atoms with E-state index in [4.69, 9.17) is 9.84 Å². The van der Waals surface area contributed by atoms with Crippen LogP contribution in [0.3, 0.4) is 0 Å². The molecule has 0 spiro atoms. The number of benzene rings is 2. The summed E-state index contributed by atoms with van der Waals surface area (Å²) in [5, 5.41) is 8.99. The molecule has 0 heterocycles. The van der Waals surface area contributed by atoms with E-state index in [1.54, 1.807) is 30.3 Å². The van der Waals surface area contributed by atoms with Crippen LogP contribution in [0.4, 0.5) is 13.2 Å². The van der Waals surface area contributed by atoms with Gasteiger partial charge in [0.25, 0.3) is 0 Å². The molecule has 0 aliphatic carbocycles. The van der Waals surface area contributed by atoms with Gasteiger partial charge in [0.2, 0.25) is 0 Å². The van der Waals surface area contributed by atoms with Crippen LogP contribution < -0.4 is 8.92 Å². The molecule has 2 rings (SSSR count). The molecular weight excluding hydrogens is 365 g/mol. The van der Waals surface area contributed by atoms with E-state index in [0.717, 1.165) is 12.1 Å². The molecule has 0 saturated carbocycles. The molecule has 134 valence electrons. The summed E-state index contributed by atoms with van der Waals surface area (Å²) in [6, 6.07) is 11.2. The van der Waals surface area contributed by atoms with Crippen LogP contribution in [0.5, 0.6) is 11.5 Å². The number of alkyl halides is 3. The molecule has 0 unspecified atom stereocenters. The third-order valence-corrected chi connectivity index (χ3v) is 3.84. The van der Waals surface area contributed by atoms with Crippen LogP contribution in [0.2, 0.25) is 0 Å². The maximum absolute atomic E-state index is 12.4. The largest absolute Gasteiger partial charge is 0.534 e. The van der Waals surface area contributed by atoms with Crippen molar-refractivity contribution in [3.05, 3.63) is 59.7 Å². The molecule has 0 radical (unpaired) electrons. The van der Waals surface area contributed by atoms with E-state index in [0.29, 0.717) is 11.6 Å². The van der Waals surface area contributed by atoms with Gasteiger partial charge in [0.05, 0.1) is 5.56 Å². The van der Waals surface area contributed by atoms with Gasteiger partial charge in [0.15, 0.2) is 0 Å². The Morgan fingerprint density at radius 1 is 1.04 bits per heavy atom. The third kappa shape index (κ3) is 4.86. The number of aromatic carboxylic acids is 1. The average molecular weight is 376 g/mol. The van der Waals surface area contributed by atoms with E-state index in [1.165, 1.54) is 0 Å². The summed E-state index contributed by atoms with van der Waals surface area (Å²) in [5.41, 5.74) is -5.41. The van der Waals surface area contributed by atoms with Crippen LogP contribution in [0.25, 0.3) is 0 Å². The van der Waals surface area contributed by atoms with Crippen molar-refractivity contribution >= 4 is 16.1 Å². The lowest BCUT2D eigenvalue weighted by atomic mass is 10.2. The highest BCUT2D eigenvalue weighted by Gasteiger charge is 2.48. The molecule has 0 saturated heterocycles. The topological polar surface area (TPSA) is 89.9 Å². The number of rotatable bonds is 6. The predicted octanol–water partition coefficient (Wildman–Crippen LogP) is 3.19. The van der Waals surface area contributed by atoms with Crippen LogP contribution in [0.15, 0.2) is 48.5 Å². The van der Waals surface area contributed by atoms with Gasteiger partial charge in [-0.25, -0.2) is 4.79 Å². The van der Waals surface area contributed by atoms with Gasteiger partial charge in [-0.1, -0.05) is 30.3 Å². The minimum atomic E-state index is -5.93. The van der Waals surface area contributed by atoms with Crippen LogP contribution in [0.1, 0.15) is 15.9 Å². The Bertz CT molecular complexity index is 863. The highest BCUT2D eigenvalue weighted by atomic mass is 32.2. The van der Waals surface area contributed by atoms with Crippen LogP contribution >= 0.6 is 0 Å². The lowest BCUT2D eigenvalue weighted by Gasteiger charge is -2.12. The molecule has 6 nitrogen and oxygen atoms in total. The molecular formula is C15H11F3O6S. The average Bonchev–Trinajstić information content (AvgIpc) is 2.52. The standard InChI is InChI=1S/C15H11F3O6S/c16-15(17,18)25(21,22)24-13-7-11(14(19)20)6-12(8-13)23-9-10-4-2-1-3-5-10/h1-8H,9H2,(H,19,20). The first-order chi connectivity index (χ1) is 11.6. The Balaban J connectivity index is 2.29. The molecule has 0 bridgehead atoms. The summed E-state index contributed by atoms with van der Waals surface area (Å²) in [5.74, 6) is -2.46. The van der Waals surface area contributed by atoms with Crippen LogP contribution in [-0.2, 0) is 16.7 Å². The van der Waals surface area contributed by atoms with E-state index in [9.17, 15) is 26.4 Å². The Morgan fingerprint density at radius 2 is 1.64 bits per heavy atom. The third-order valence-electron chi connectivity index (χ3n) is 2.86. The van der Waals surface area contributed by atoms with Crippen molar-refractivity contribution in [1.29, 1.82) is 0 Å². The second kappa shape index (κ2) is 7.01. The number of hydrogen-bond donors (Lipinski definition) is 1. The van der Waals surface area contributed by atoms with Crippen molar-refractivity contribution in [2.45, 2.75) is 12.1 Å². The summed E-state index contributed by atoms with van der Waals surface area (Å²) in [7, 11) is -5.93. The fourth-order valence-corrected chi connectivity index (χ4v) is 2.19. The van der Waals surface area contributed by atoms with Crippen LogP contribution in [-0.4, -0.2) is 25.0 Å². The minimum absolute atomic E-state index is 0.00459. The molecule has 2 aromatic rings.